The van der Waals surface area contributed by atoms with Crippen molar-refractivity contribution in [1.29, 1.82) is 0 Å². The largest absolute Gasteiger partial charge is 0.475 e. The van der Waals surface area contributed by atoms with E-state index in [4.69, 9.17) is 11.5 Å². The van der Waals surface area contributed by atoms with Gasteiger partial charge in [0, 0.05) is 17.2 Å². The summed E-state index contributed by atoms with van der Waals surface area (Å²) in [5, 5.41) is 12.3. The molecule has 0 atom stereocenters. The number of hydrogen-bond acceptors (Lipinski definition) is 3. The van der Waals surface area contributed by atoms with Crippen molar-refractivity contribution in [1.82, 2.24) is 5.16 Å². The van der Waals surface area contributed by atoms with Crippen LogP contribution in [0.4, 0.5) is 0 Å². The van der Waals surface area contributed by atoms with Crippen molar-refractivity contribution in [2.45, 2.75) is 0 Å². The highest BCUT2D eigenvalue weighted by Gasteiger charge is 2.12. The number of carbonyl (C=O) groups is 1. The van der Waals surface area contributed by atoms with E-state index >= 15 is 0 Å². The van der Waals surface area contributed by atoms with Gasteiger partial charge in [0.1, 0.15) is 5.69 Å². The van der Waals surface area contributed by atoms with Crippen LogP contribution < -0.4 is 0 Å². The molecule has 0 spiro atoms. The number of hydrogen-bond donors (Lipinski definition) is 1. The monoisotopic (exact) mass is 213 g/mol. The number of nitrogens with zero attached hydrogens (tertiary/aromatic N) is 1. The zero-order valence-corrected chi connectivity index (χ0v) is 8.18. The van der Waals surface area contributed by atoms with Gasteiger partial charge in [0.2, 0.25) is 5.76 Å². The Bertz CT molecular complexity index is 578. The van der Waals surface area contributed by atoms with Crippen molar-refractivity contribution in [2.75, 3.05) is 0 Å². The molecule has 4 nitrogen and oxygen atoms in total. The van der Waals surface area contributed by atoms with Gasteiger partial charge in [-0.25, -0.2) is 4.79 Å². The van der Waals surface area contributed by atoms with E-state index in [9.17, 15) is 4.79 Å². The maximum absolute atomic E-state index is 10.6. The fourth-order valence-electron chi connectivity index (χ4n) is 1.28. The van der Waals surface area contributed by atoms with Crippen LogP contribution in [0.5, 0.6) is 0 Å². The Labute approximate surface area is 91.5 Å². The SMILES string of the molecule is C#Cc1cccc(-c2cc(C(=O)O)on2)c1. The Morgan fingerprint density at radius 1 is 1.44 bits per heavy atom. The Hall–Kier alpha value is -2.54. The lowest BCUT2D eigenvalue weighted by Gasteiger charge is -1.95. The van der Waals surface area contributed by atoms with Gasteiger partial charge in [-0.3, -0.25) is 0 Å². The van der Waals surface area contributed by atoms with Crippen LogP contribution in [0.1, 0.15) is 16.1 Å². The van der Waals surface area contributed by atoms with Crippen LogP contribution in [0.2, 0.25) is 0 Å². The first kappa shape index (κ1) is 9.99. The molecule has 0 aliphatic heterocycles. The Morgan fingerprint density at radius 2 is 2.25 bits per heavy atom. The lowest BCUT2D eigenvalue weighted by atomic mass is 10.1. The van der Waals surface area contributed by atoms with Gasteiger partial charge in [-0.1, -0.05) is 23.2 Å². The molecule has 0 bridgehead atoms. The third-order valence-electron chi connectivity index (χ3n) is 2.05. The molecule has 1 aromatic heterocycles. The minimum Gasteiger partial charge on any atom is -0.475 e. The van der Waals surface area contributed by atoms with Gasteiger partial charge >= 0.3 is 5.97 Å². The molecule has 2 aromatic rings. The van der Waals surface area contributed by atoms with E-state index < -0.39 is 5.97 Å². The maximum Gasteiger partial charge on any atom is 0.374 e. The normalized spacial score (nSPS) is 9.69. The smallest absolute Gasteiger partial charge is 0.374 e. The van der Waals surface area contributed by atoms with Crippen molar-refractivity contribution in [3.05, 3.63) is 41.7 Å². The zero-order valence-electron chi connectivity index (χ0n) is 8.18. The summed E-state index contributed by atoms with van der Waals surface area (Å²) in [6, 6.07) is 8.44. The maximum atomic E-state index is 10.6. The fraction of sp³-hybridized carbons (Fsp3) is 0. The highest BCUT2D eigenvalue weighted by molar-refractivity contribution is 5.85. The lowest BCUT2D eigenvalue weighted by Crippen LogP contribution is -1.91. The average Bonchev–Trinajstić information content (AvgIpc) is 2.78. The van der Waals surface area contributed by atoms with Gasteiger partial charge in [0.05, 0.1) is 0 Å². The van der Waals surface area contributed by atoms with Gasteiger partial charge in [0.15, 0.2) is 0 Å². The first-order chi connectivity index (χ1) is 7.70. The summed E-state index contributed by atoms with van der Waals surface area (Å²) in [6.07, 6.45) is 5.26. The predicted octanol–water partition coefficient (Wildman–Crippen LogP) is 2.02. The minimum absolute atomic E-state index is 0.193. The molecule has 1 aromatic carbocycles. The highest BCUT2D eigenvalue weighted by Crippen LogP contribution is 2.19. The van der Waals surface area contributed by atoms with E-state index in [2.05, 4.69) is 15.6 Å². The van der Waals surface area contributed by atoms with Gasteiger partial charge in [-0.05, 0) is 12.1 Å². The average molecular weight is 213 g/mol. The van der Waals surface area contributed by atoms with E-state index in [1.54, 1.807) is 24.3 Å². The Kier molecular flexibility index (Phi) is 2.44. The van der Waals surface area contributed by atoms with Crippen LogP contribution in [0.15, 0.2) is 34.9 Å². The Balaban J connectivity index is 2.43. The van der Waals surface area contributed by atoms with Crippen LogP contribution in [0.3, 0.4) is 0 Å². The second-order valence-corrected chi connectivity index (χ2v) is 3.11. The first-order valence-electron chi connectivity index (χ1n) is 4.48. The second kappa shape index (κ2) is 3.91. The molecule has 0 saturated carbocycles. The number of carboxylic acid groups (broad SMARTS) is 1. The quantitative estimate of drug-likeness (QED) is 0.775. The van der Waals surface area contributed by atoms with E-state index in [1.165, 1.54) is 6.07 Å². The topological polar surface area (TPSA) is 63.3 Å². The number of terminal acetylenes is 1. The summed E-state index contributed by atoms with van der Waals surface area (Å²) in [5.74, 6) is 1.15. The third kappa shape index (κ3) is 1.79. The molecule has 0 unspecified atom stereocenters. The molecular formula is C12H7NO3. The second-order valence-electron chi connectivity index (χ2n) is 3.11. The number of benzene rings is 1. The summed E-state index contributed by atoms with van der Waals surface area (Å²) in [5.41, 5.74) is 1.89. The van der Waals surface area contributed by atoms with E-state index in [1.807, 2.05) is 0 Å². The molecular weight excluding hydrogens is 206 g/mol. The molecule has 0 saturated heterocycles. The molecule has 0 aliphatic carbocycles. The molecule has 0 radical (unpaired) electrons. The molecule has 1 heterocycles. The number of rotatable bonds is 2. The molecule has 1 N–H and O–H groups in total. The van der Waals surface area contributed by atoms with E-state index in [0.717, 1.165) is 5.56 Å². The minimum atomic E-state index is -1.15. The number of carboxylic acids is 1. The van der Waals surface area contributed by atoms with E-state index in [0.29, 0.717) is 11.3 Å². The fourth-order valence-corrected chi connectivity index (χ4v) is 1.28. The predicted molar refractivity (Wildman–Crippen MR) is 56.8 cm³/mol. The summed E-state index contributed by atoms with van der Waals surface area (Å²) in [4.78, 5) is 10.6. The molecule has 78 valence electrons. The highest BCUT2D eigenvalue weighted by atomic mass is 16.5. The molecule has 16 heavy (non-hydrogen) atoms. The van der Waals surface area contributed by atoms with Crippen LogP contribution in [0.25, 0.3) is 11.3 Å². The third-order valence-corrected chi connectivity index (χ3v) is 2.05. The van der Waals surface area contributed by atoms with Crippen LogP contribution >= 0.6 is 0 Å². The number of aromatic nitrogens is 1. The van der Waals surface area contributed by atoms with Crippen LogP contribution in [0, 0.1) is 12.3 Å². The Morgan fingerprint density at radius 3 is 2.88 bits per heavy atom. The van der Waals surface area contributed by atoms with Crippen molar-refractivity contribution in [2.24, 2.45) is 0 Å². The molecule has 0 aliphatic rings. The molecule has 4 heteroatoms. The van der Waals surface area contributed by atoms with Crippen molar-refractivity contribution in [3.8, 4) is 23.6 Å². The summed E-state index contributed by atoms with van der Waals surface area (Å²) in [7, 11) is 0. The van der Waals surface area contributed by atoms with Gasteiger partial charge < -0.3 is 9.63 Å². The van der Waals surface area contributed by atoms with Gasteiger partial charge in [-0.15, -0.1) is 6.42 Å². The first-order valence-corrected chi connectivity index (χ1v) is 4.48. The van der Waals surface area contributed by atoms with Crippen LogP contribution in [-0.4, -0.2) is 16.2 Å². The molecule has 0 amide bonds. The lowest BCUT2D eigenvalue weighted by molar-refractivity contribution is 0.0652. The standard InChI is InChI=1S/C12H7NO3/c1-2-8-4-3-5-9(6-8)10-7-11(12(14)15)16-13-10/h1,3-7H,(H,14,15). The molecule has 2 rings (SSSR count). The van der Waals surface area contributed by atoms with Crippen molar-refractivity contribution < 1.29 is 14.4 Å². The van der Waals surface area contributed by atoms with Gasteiger partial charge in [-0.2, -0.15) is 0 Å². The summed E-state index contributed by atoms with van der Waals surface area (Å²) >= 11 is 0. The van der Waals surface area contributed by atoms with Crippen molar-refractivity contribution >= 4 is 5.97 Å². The number of aromatic carboxylic acids is 1. The van der Waals surface area contributed by atoms with Crippen molar-refractivity contribution in [3.63, 3.8) is 0 Å². The zero-order chi connectivity index (χ0) is 11.5. The summed E-state index contributed by atoms with van der Waals surface area (Å²) in [6.45, 7) is 0. The van der Waals surface area contributed by atoms with E-state index in [-0.39, 0.29) is 5.76 Å². The van der Waals surface area contributed by atoms with Crippen LogP contribution in [-0.2, 0) is 0 Å². The summed E-state index contributed by atoms with van der Waals surface area (Å²) < 4.78 is 4.65. The van der Waals surface area contributed by atoms with Gasteiger partial charge in [0.25, 0.3) is 0 Å². The molecule has 0 fully saturated rings.